The van der Waals surface area contributed by atoms with Crippen LogP contribution in [0.2, 0.25) is 0 Å². The molecule has 4 nitrogen and oxygen atoms in total. The van der Waals surface area contributed by atoms with Crippen LogP contribution < -0.4 is 10.1 Å². The van der Waals surface area contributed by atoms with Gasteiger partial charge in [0.2, 0.25) is 0 Å². The highest BCUT2D eigenvalue weighted by Gasteiger charge is 2.24. The van der Waals surface area contributed by atoms with E-state index in [0.29, 0.717) is 18.2 Å². The van der Waals surface area contributed by atoms with Gasteiger partial charge < -0.3 is 14.8 Å². The number of ether oxygens (including phenoxy) is 2. The molecule has 0 radical (unpaired) electrons. The number of amides is 1. The molecule has 110 valence electrons. The lowest BCUT2D eigenvalue weighted by Gasteiger charge is -2.11. The normalized spacial score (nSPS) is 14.1. The third-order valence-electron chi connectivity index (χ3n) is 3.35. The van der Waals surface area contributed by atoms with Gasteiger partial charge >= 0.3 is 0 Å². The minimum absolute atomic E-state index is 0.00930. The van der Waals surface area contributed by atoms with Crippen molar-refractivity contribution in [3.8, 4) is 5.75 Å². The molecule has 1 saturated carbocycles. The number of rotatable bonds is 8. The Balaban J connectivity index is 2.00. The summed E-state index contributed by atoms with van der Waals surface area (Å²) >= 11 is 0. The van der Waals surface area contributed by atoms with Gasteiger partial charge in [0.25, 0.3) is 5.91 Å². The molecule has 1 aliphatic rings. The third kappa shape index (κ3) is 4.23. The Labute approximate surface area is 120 Å². The molecule has 4 heteroatoms. The molecule has 2 rings (SSSR count). The van der Waals surface area contributed by atoms with E-state index in [1.807, 2.05) is 12.1 Å². The van der Waals surface area contributed by atoms with E-state index in [4.69, 9.17) is 9.47 Å². The van der Waals surface area contributed by atoms with Crippen LogP contribution in [-0.4, -0.2) is 25.7 Å². The second-order valence-electron chi connectivity index (χ2n) is 5.18. The van der Waals surface area contributed by atoms with E-state index in [1.165, 1.54) is 0 Å². The van der Waals surface area contributed by atoms with Crippen LogP contribution in [0, 0.1) is 0 Å². The van der Waals surface area contributed by atoms with Crippen molar-refractivity contribution in [1.82, 2.24) is 5.32 Å². The number of hydrogen-bond donors (Lipinski definition) is 1. The van der Waals surface area contributed by atoms with Gasteiger partial charge in [0.1, 0.15) is 5.75 Å². The maximum atomic E-state index is 12.0. The van der Waals surface area contributed by atoms with Crippen LogP contribution in [0.25, 0.3) is 0 Å². The maximum absolute atomic E-state index is 12.0. The monoisotopic (exact) mass is 277 g/mol. The van der Waals surface area contributed by atoms with Crippen molar-refractivity contribution in [2.45, 2.75) is 45.3 Å². The van der Waals surface area contributed by atoms with Gasteiger partial charge in [-0.25, -0.2) is 0 Å². The second kappa shape index (κ2) is 7.29. The number of carbonyl (C=O) groups is 1. The predicted molar refractivity (Wildman–Crippen MR) is 78.0 cm³/mol. The number of hydrogen-bond acceptors (Lipinski definition) is 3. The molecule has 0 aliphatic heterocycles. The first-order valence-electron chi connectivity index (χ1n) is 7.30. The number of nitrogens with one attached hydrogen (secondary N) is 1. The van der Waals surface area contributed by atoms with Gasteiger partial charge in [-0.05, 0) is 37.5 Å². The fourth-order valence-electron chi connectivity index (χ4n) is 1.96. The molecule has 0 aromatic heterocycles. The lowest BCUT2D eigenvalue weighted by atomic mass is 10.1. The van der Waals surface area contributed by atoms with Crippen LogP contribution >= 0.6 is 0 Å². The summed E-state index contributed by atoms with van der Waals surface area (Å²) in [7, 11) is 1.63. The van der Waals surface area contributed by atoms with Gasteiger partial charge in [-0.1, -0.05) is 13.3 Å². The second-order valence-corrected chi connectivity index (χ2v) is 5.18. The summed E-state index contributed by atoms with van der Waals surface area (Å²) in [5, 5.41) is 2.99. The molecule has 1 aliphatic carbocycles. The minimum Gasteiger partial charge on any atom is -0.496 e. The quantitative estimate of drug-likeness (QED) is 0.743. The Hall–Kier alpha value is -1.55. The predicted octanol–water partition coefficient (Wildman–Crippen LogP) is 2.90. The van der Waals surface area contributed by atoms with Crippen molar-refractivity contribution in [2.24, 2.45) is 0 Å². The highest BCUT2D eigenvalue weighted by molar-refractivity contribution is 5.95. The molecule has 1 fully saturated rings. The van der Waals surface area contributed by atoms with Crippen LogP contribution in [0.3, 0.4) is 0 Å². The minimum atomic E-state index is -0.00930. The summed E-state index contributed by atoms with van der Waals surface area (Å²) < 4.78 is 10.9. The zero-order valence-corrected chi connectivity index (χ0v) is 12.3. The first-order chi connectivity index (χ1) is 9.74. The smallest absolute Gasteiger partial charge is 0.251 e. The summed E-state index contributed by atoms with van der Waals surface area (Å²) in [6.45, 7) is 3.35. The van der Waals surface area contributed by atoms with Crippen molar-refractivity contribution in [1.29, 1.82) is 0 Å². The Morgan fingerprint density at radius 2 is 2.20 bits per heavy atom. The molecule has 20 heavy (non-hydrogen) atoms. The van der Waals surface area contributed by atoms with Gasteiger partial charge in [-0.15, -0.1) is 0 Å². The molecule has 0 spiro atoms. The molecule has 0 saturated heterocycles. The molecule has 0 unspecified atom stereocenters. The first kappa shape index (κ1) is 14.9. The molecule has 1 N–H and O–H groups in total. The summed E-state index contributed by atoms with van der Waals surface area (Å²) in [4.78, 5) is 12.0. The lowest BCUT2D eigenvalue weighted by Crippen LogP contribution is -2.25. The zero-order valence-electron chi connectivity index (χ0n) is 12.3. The molecule has 1 aromatic rings. The first-order valence-corrected chi connectivity index (χ1v) is 7.30. The van der Waals surface area contributed by atoms with Crippen molar-refractivity contribution in [2.75, 3.05) is 13.7 Å². The van der Waals surface area contributed by atoms with Gasteiger partial charge in [0, 0.05) is 23.8 Å². The topological polar surface area (TPSA) is 47.6 Å². The van der Waals surface area contributed by atoms with Crippen molar-refractivity contribution in [3.05, 3.63) is 29.3 Å². The number of unbranched alkanes of at least 4 members (excludes halogenated alkanes) is 1. The van der Waals surface area contributed by atoms with E-state index in [9.17, 15) is 4.79 Å². The van der Waals surface area contributed by atoms with E-state index in [1.54, 1.807) is 13.2 Å². The standard InChI is InChI=1S/C16H23NO3/c1-3-4-9-20-11-13-10-12(5-8-15(13)19-2)16(18)17-14-6-7-14/h5,8,10,14H,3-4,6-7,9,11H2,1-2H3,(H,17,18). The number of methoxy groups -OCH3 is 1. The van der Waals surface area contributed by atoms with Crippen molar-refractivity contribution < 1.29 is 14.3 Å². The van der Waals surface area contributed by atoms with Crippen LogP contribution in [0.5, 0.6) is 5.75 Å². The van der Waals surface area contributed by atoms with Gasteiger partial charge in [-0.2, -0.15) is 0 Å². The molecule has 1 aromatic carbocycles. The highest BCUT2D eigenvalue weighted by Crippen LogP contribution is 2.23. The van der Waals surface area contributed by atoms with E-state index in [2.05, 4.69) is 12.2 Å². The summed E-state index contributed by atoms with van der Waals surface area (Å²) in [5.41, 5.74) is 1.60. The Morgan fingerprint density at radius 1 is 1.40 bits per heavy atom. The molecular weight excluding hydrogens is 254 g/mol. The summed E-state index contributed by atoms with van der Waals surface area (Å²) in [5.74, 6) is 0.759. The number of carbonyl (C=O) groups excluding carboxylic acids is 1. The average Bonchev–Trinajstić information content (AvgIpc) is 3.27. The van der Waals surface area contributed by atoms with E-state index >= 15 is 0 Å². The van der Waals surface area contributed by atoms with Crippen molar-refractivity contribution >= 4 is 5.91 Å². The van der Waals surface area contributed by atoms with E-state index in [-0.39, 0.29) is 5.91 Å². The largest absolute Gasteiger partial charge is 0.496 e. The van der Waals surface area contributed by atoms with E-state index < -0.39 is 0 Å². The maximum Gasteiger partial charge on any atom is 0.251 e. The van der Waals surface area contributed by atoms with Gasteiger partial charge in [0.05, 0.1) is 13.7 Å². The number of benzene rings is 1. The molecule has 0 bridgehead atoms. The van der Waals surface area contributed by atoms with Crippen LogP contribution in [-0.2, 0) is 11.3 Å². The molecular formula is C16H23NO3. The van der Waals surface area contributed by atoms with Gasteiger partial charge in [-0.3, -0.25) is 4.79 Å². The highest BCUT2D eigenvalue weighted by atomic mass is 16.5. The Morgan fingerprint density at radius 3 is 2.85 bits per heavy atom. The Kier molecular flexibility index (Phi) is 5.41. The SMILES string of the molecule is CCCCOCc1cc(C(=O)NC2CC2)ccc1OC. The van der Waals surface area contributed by atoms with Gasteiger partial charge in [0.15, 0.2) is 0 Å². The third-order valence-corrected chi connectivity index (χ3v) is 3.35. The van der Waals surface area contributed by atoms with Crippen LogP contribution in [0.15, 0.2) is 18.2 Å². The fourth-order valence-corrected chi connectivity index (χ4v) is 1.96. The molecule has 0 atom stereocenters. The summed E-state index contributed by atoms with van der Waals surface area (Å²) in [6, 6.07) is 5.86. The van der Waals surface area contributed by atoms with Crippen molar-refractivity contribution in [3.63, 3.8) is 0 Å². The zero-order chi connectivity index (χ0) is 14.4. The van der Waals surface area contributed by atoms with Crippen LogP contribution in [0.4, 0.5) is 0 Å². The van der Waals surface area contributed by atoms with E-state index in [0.717, 1.165) is 43.6 Å². The lowest BCUT2D eigenvalue weighted by molar-refractivity contribution is 0.0950. The average molecular weight is 277 g/mol. The Bertz CT molecular complexity index is 455. The molecule has 1 amide bonds. The fraction of sp³-hybridized carbons (Fsp3) is 0.562. The molecule has 0 heterocycles. The summed E-state index contributed by atoms with van der Waals surface area (Å²) in [6.07, 6.45) is 4.34. The van der Waals surface area contributed by atoms with Crippen LogP contribution in [0.1, 0.15) is 48.5 Å².